The summed E-state index contributed by atoms with van der Waals surface area (Å²) in [4.78, 5) is 18.0. The SMILES string of the molecule is CN(CC(=O)N1CC[NH+]([C@H]2CCS(=O)(=O)C2)CC1)c1ccc2ccccc2c1. The Labute approximate surface area is 166 Å². The van der Waals surface area contributed by atoms with Gasteiger partial charge in [0.25, 0.3) is 0 Å². The highest BCUT2D eigenvalue weighted by molar-refractivity contribution is 7.91. The zero-order chi connectivity index (χ0) is 19.7. The number of piperazine rings is 1. The Morgan fingerprint density at radius 1 is 1.14 bits per heavy atom. The standard InChI is InChI=1S/C21H27N3O3S/c1-22(19-7-6-17-4-2-3-5-18(17)14-19)15-21(25)24-11-9-23(10-12-24)20-8-13-28(26,27)16-20/h2-7,14,20H,8-13,15-16H2,1H3/p+1/t20-/m0/s1. The molecule has 28 heavy (non-hydrogen) atoms. The molecule has 2 saturated heterocycles. The highest BCUT2D eigenvalue weighted by Crippen LogP contribution is 2.21. The summed E-state index contributed by atoms with van der Waals surface area (Å²) in [6.45, 7) is 3.44. The molecule has 0 bridgehead atoms. The minimum atomic E-state index is -2.84. The van der Waals surface area contributed by atoms with Crippen molar-refractivity contribution in [3.8, 4) is 0 Å². The third-order valence-corrected chi connectivity index (χ3v) is 7.88. The van der Waals surface area contributed by atoms with E-state index in [0.717, 1.165) is 25.2 Å². The van der Waals surface area contributed by atoms with Crippen LogP contribution in [0.2, 0.25) is 0 Å². The molecule has 1 atom stereocenters. The molecular formula is C21H28N3O3S+. The Morgan fingerprint density at radius 3 is 2.54 bits per heavy atom. The Balaban J connectivity index is 1.32. The van der Waals surface area contributed by atoms with Gasteiger partial charge in [0.05, 0.1) is 38.5 Å². The fourth-order valence-electron chi connectivity index (χ4n) is 4.38. The molecule has 2 heterocycles. The van der Waals surface area contributed by atoms with Gasteiger partial charge in [-0.15, -0.1) is 0 Å². The van der Waals surface area contributed by atoms with Crippen LogP contribution >= 0.6 is 0 Å². The predicted octanol–water partition coefficient (Wildman–Crippen LogP) is 0.190. The van der Waals surface area contributed by atoms with Gasteiger partial charge in [0, 0.05) is 19.2 Å². The first-order chi connectivity index (χ1) is 13.4. The molecule has 7 heteroatoms. The average molecular weight is 403 g/mol. The molecule has 6 nitrogen and oxygen atoms in total. The highest BCUT2D eigenvalue weighted by atomic mass is 32.2. The molecular weight excluding hydrogens is 374 g/mol. The average Bonchev–Trinajstić information content (AvgIpc) is 3.07. The number of likely N-dealkylation sites (N-methyl/N-ethyl adjacent to an activating group) is 1. The summed E-state index contributed by atoms with van der Waals surface area (Å²) < 4.78 is 23.4. The van der Waals surface area contributed by atoms with Crippen molar-refractivity contribution in [2.45, 2.75) is 12.5 Å². The van der Waals surface area contributed by atoms with Gasteiger partial charge in [-0.05, 0) is 22.9 Å². The van der Waals surface area contributed by atoms with Gasteiger partial charge in [0.1, 0.15) is 11.8 Å². The molecule has 2 aromatic rings. The van der Waals surface area contributed by atoms with Crippen LogP contribution in [0.5, 0.6) is 0 Å². The summed E-state index contributed by atoms with van der Waals surface area (Å²) in [5.74, 6) is 0.759. The second kappa shape index (κ2) is 7.72. The maximum absolute atomic E-state index is 12.8. The smallest absolute Gasteiger partial charge is 0.242 e. The molecule has 0 spiro atoms. The maximum atomic E-state index is 12.8. The van der Waals surface area contributed by atoms with E-state index in [4.69, 9.17) is 0 Å². The molecule has 150 valence electrons. The maximum Gasteiger partial charge on any atom is 0.242 e. The molecule has 1 N–H and O–H groups in total. The molecule has 0 radical (unpaired) electrons. The molecule has 0 aliphatic carbocycles. The zero-order valence-electron chi connectivity index (χ0n) is 16.3. The number of nitrogens with zero attached hydrogens (tertiary/aromatic N) is 2. The van der Waals surface area contributed by atoms with E-state index < -0.39 is 9.84 Å². The molecule has 2 aliphatic rings. The molecule has 2 aliphatic heterocycles. The Kier molecular flexibility index (Phi) is 5.29. The van der Waals surface area contributed by atoms with Crippen LogP contribution in [0.25, 0.3) is 10.8 Å². The van der Waals surface area contributed by atoms with Crippen LogP contribution in [0, 0.1) is 0 Å². The largest absolute Gasteiger partial charge is 0.365 e. The number of fused-ring (bicyclic) bond motifs is 1. The minimum Gasteiger partial charge on any atom is -0.365 e. The number of amides is 1. The lowest BCUT2D eigenvalue weighted by atomic mass is 10.1. The van der Waals surface area contributed by atoms with Gasteiger partial charge in [-0.3, -0.25) is 4.79 Å². The number of carbonyl (C=O) groups is 1. The van der Waals surface area contributed by atoms with Gasteiger partial charge in [-0.2, -0.15) is 0 Å². The molecule has 0 unspecified atom stereocenters. The summed E-state index contributed by atoms with van der Waals surface area (Å²) in [5.41, 5.74) is 1.03. The molecule has 4 rings (SSSR count). The number of rotatable bonds is 4. The topological polar surface area (TPSA) is 62.1 Å². The van der Waals surface area contributed by atoms with E-state index in [1.165, 1.54) is 15.7 Å². The lowest BCUT2D eigenvalue weighted by molar-refractivity contribution is -0.925. The summed E-state index contributed by atoms with van der Waals surface area (Å²) in [5, 5.41) is 2.36. The van der Waals surface area contributed by atoms with Gasteiger partial charge in [0.2, 0.25) is 5.91 Å². The first-order valence-electron chi connectivity index (χ1n) is 9.94. The van der Waals surface area contributed by atoms with E-state index in [2.05, 4.69) is 30.3 Å². The fourth-order valence-corrected chi connectivity index (χ4v) is 6.20. The first-order valence-corrected chi connectivity index (χ1v) is 11.8. The van der Waals surface area contributed by atoms with Crippen molar-refractivity contribution in [3.05, 3.63) is 42.5 Å². The van der Waals surface area contributed by atoms with E-state index in [1.807, 2.05) is 29.0 Å². The van der Waals surface area contributed by atoms with E-state index in [9.17, 15) is 13.2 Å². The normalized spacial score (nSPS) is 22.5. The van der Waals surface area contributed by atoms with E-state index in [1.54, 1.807) is 0 Å². The predicted molar refractivity (Wildman–Crippen MR) is 112 cm³/mol. The second-order valence-electron chi connectivity index (χ2n) is 8.03. The van der Waals surface area contributed by atoms with E-state index in [-0.39, 0.29) is 11.9 Å². The van der Waals surface area contributed by atoms with Gasteiger partial charge in [-0.1, -0.05) is 30.3 Å². The molecule has 0 saturated carbocycles. The van der Waals surface area contributed by atoms with E-state index >= 15 is 0 Å². The van der Waals surface area contributed by atoms with Crippen LogP contribution < -0.4 is 9.80 Å². The highest BCUT2D eigenvalue weighted by Gasteiger charge is 2.37. The first kappa shape index (κ1) is 19.2. The minimum absolute atomic E-state index is 0.133. The number of nitrogens with one attached hydrogen (secondary N) is 1. The number of sulfone groups is 1. The number of quaternary nitrogens is 1. The lowest BCUT2D eigenvalue weighted by Crippen LogP contribution is -3.18. The van der Waals surface area contributed by atoms with Crippen molar-refractivity contribution in [2.75, 3.05) is 56.2 Å². The van der Waals surface area contributed by atoms with Crippen LogP contribution in [-0.2, 0) is 14.6 Å². The molecule has 2 aromatic carbocycles. The monoisotopic (exact) mass is 402 g/mol. The van der Waals surface area contributed by atoms with Crippen LogP contribution in [0.4, 0.5) is 5.69 Å². The zero-order valence-corrected chi connectivity index (χ0v) is 17.1. The van der Waals surface area contributed by atoms with Crippen LogP contribution in [0.3, 0.4) is 0 Å². The number of benzene rings is 2. The molecule has 1 amide bonds. The van der Waals surface area contributed by atoms with Crippen molar-refractivity contribution in [1.82, 2.24) is 4.90 Å². The number of carbonyl (C=O) groups excluding carboxylic acids is 1. The fraction of sp³-hybridized carbons (Fsp3) is 0.476. The van der Waals surface area contributed by atoms with Crippen molar-refractivity contribution in [2.24, 2.45) is 0 Å². The van der Waals surface area contributed by atoms with Gasteiger partial charge >= 0.3 is 0 Å². The van der Waals surface area contributed by atoms with Crippen LogP contribution in [0.1, 0.15) is 6.42 Å². The molecule has 0 aromatic heterocycles. The summed E-state index contributed by atoms with van der Waals surface area (Å²) in [7, 11) is -0.894. The van der Waals surface area contributed by atoms with Gasteiger partial charge in [0.15, 0.2) is 9.84 Å². The van der Waals surface area contributed by atoms with Crippen molar-refractivity contribution in [3.63, 3.8) is 0 Å². The van der Waals surface area contributed by atoms with E-state index in [0.29, 0.717) is 31.1 Å². The van der Waals surface area contributed by atoms with Gasteiger partial charge in [-0.25, -0.2) is 8.42 Å². The number of hydrogen-bond donors (Lipinski definition) is 1. The second-order valence-corrected chi connectivity index (χ2v) is 10.3. The Morgan fingerprint density at radius 2 is 1.86 bits per heavy atom. The third-order valence-electron chi connectivity index (χ3n) is 6.11. The third kappa shape index (κ3) is 4.15. The van der Waals surface area contributed by atoms with Crippen LogP contribution in [-0.4, -0.2) is 76.5 Å². The quantitative estimate of drug-likeness (QED) is 0.793. The summed E-state index contributed by atoms with van der Waals surface area (Å²) in [6, 6.07) is 14.7. The van der Waals surface area contributed by atoms with Crippen molar-refractivity contribution in [1.29, 1.82) is 0 Å². The van der Waals surface area contributed by atoms with Gasteiger partial charge < -0.3 is 14.7 Å². The van der Waals surface area contributed by atoms with Crippen LogP contribution in [0.15, 0.2) is 42.5 Å². The lowest BCUT2D eigenvalue weighted by Gasteiger charge is -2.35. The van der Waals surface area contributed by atoms with Crippen molar-refractivity contribution >= 4 is 32.2 Å². The molecule has 2 fully saturated rings. The summed E-state index contributed by atoms with van der Waals surface area (Å²) in [6.07, 6.45) is 0.760. The Hall–Kier alpha value is -2.12. The Bertz CT molecular complexity index is 968. The van der Waals surface area contributed by atoms with Crippen molar-refractivity contribution < 1.29 is 18.1 Å². The summed E-state index contributed by atoms with van der Waals surface area (Å²) >= 11 is 0. The number of anilines is 1. The number of hydrogen-bond acceptors (Lipinski definition) is 4.